The molecule has 1 atom stereocenters. The minimum Gasteiger partial charge on any atom is -0.507 e. The third-order valence-electron chi connectivity index (χ3n) is 6.35. The number of ether oxygens (including phenoxy) is 2. The Bertz CT molecular complexity index is 1040. The van der Waals surface area contributed by atoms with Crippen molar-refractivity contribution in [3.8, 4) is 5.75 Å². The van der Waals surface area contributed by atoms with E-state index in [1.807, 2.05) is 50.2 Å². The van der Waals surface area contributed by atoms with Crippen molar-refractivity contribution in [2.75, 3.05) is 46.0 Å². The van der Waals surface area contributed by atoms with Crippen LogP contribution in [0.4, 0.5) is 0 Å². The van der Waals surface area contributed by atoms with Crippen LogP contribution in [0.3, 0.4) is 0 Å². The maximum atomic E-state index is 13.2. The molecule has 2 fully saturated rings. The van der Waals surface area contributed by atoms with E-state index in [2.05, 4.69) is 4.90 Å². The normalized spacial score (nSPS) is 20.6. The molecule has 34 heavy (non-hydrogen) atoms. The number of aryl methyl sites for hydroxylation is 1. The predicted molar refractivity (Wildman–Crippen MR) is 130 cm³/mol. The molecule has 0 aliphatic carbocycles. The van der Waals surface area contributed by atoms with Crippen LogP contribution < -0.4 is 4.74 Å². The highest BCUT2D eigenvalue weighted by Crippen LogP contribution is 2.40. The Kier molecular flexibility index (Phi) is 7.65. The fraction of sp³-hybridized carbons (Fsp3) is 0.407. The average molecular weight is 465 g/mol. The van der Waals surface area contributed by atoms with E-state index in [0.717, 1.165) is 37.2 Å². The van der Waals surface area contributed by atoms with Crippen molar-refractivity contribution in [2.24, 2.45) is 0 Å². The number of likely N-dealkylation sites (tertiary alicyclic amines) is 1. The van der Waals surface area contributed by atoms with E-state index in [4.69, 9.17) is 9.47 Å². The number of carbonyl (C=O) groups is 2. The van der Waals surface area contributed by atoms with E-state index in [1.54, 1.807) is 17.0 Å². The van der Waals surface area contributed by atoms with Crippen molar-refractivity contribution in [3.05, 3.63) is 70.8 Å². The number of rotatable bonds is 8. The van der Waals surface area contributed by atoms with E-state index < -0.39 is 17.7 Å². The van der Waals surface area contributed by atoms with Gasteiger partial charge in [-0.05, 0) is 38.0 Å². The molecule has 0 bridgehead atoms. The van der Waals surface area contributed by atoms with Crippen molar-refractivity contribution >= 4 is 17.4 Å². The molecule has 0 aromatic heterocycles. The molecule has 0 saturated carbocycles. The van der Waals surface area contributed by atoms with Gasteiger partial charge in [-0.2, -0.15) is 0 Å². The maximum absolute atomic E-state index is 13.2. The van der Waals surface area contributed by atoms with Crippen LogP contribution in [-0.2, 0) is 14.3 Å². The zero-order valence-corrected chi connectivity index (χ0v) is 19.8. The molecule has 1 N–H and O–H groups in total. The van der Waals surface area contributed by atoms with Crippen LogP contribution in [0.2, 0.25) is 0 Å². The third-order valence-corrected chi connectivity index (χ3v) is 6.35. The lowest BCUT2D eigenvalue weighted by Gasteiger charge is -2.29. The number of morpholine rings is 1. The van der Waals surface area contributed by atoms with Gasteiger partial charge in [0.2, 0.25) is 0 Å². The fourth-order valence-electron chi connectivity index (χ4n) is 4.53. The van der Waals surface area contributed by atoms with Crippen molar-refractivity contribution in [1.82, 2.24) is 9.80 Å². The Morgan fingerprint density at radius 2 is 1.71 bits per heavy atom. The minimum atomic E-state index is -0.651. The number of amides is 1. The fourth-order valence-corrected chi connectivity index (χ4v) is 4.53. The molecule has 2 aliphatic heterocycles. The molecule has 7 heteroatoms. The molecule has 0 spiro atoms. The molecular weight excluding hydrogens is 432 g/mol. The van der Waals surface area contributed by atoms with Gasteiger partial charge < -0.3 is 19.5 Å². The summed E-state index contributed by atoms with van der Waals surface area (Å²) in [7, 11) is 0. The van der Waals surface area contributed by atoms with Crippen LogP contribution in [0.25, 0.3) is 5.76 Å². The zero-order valence-electron chi connectivity index (χ0n) is 19.8. The first-order valence-corrected chi connectivity index (χ1v) is 11.9. The van der Waals surface area contributed by atoms with Gasteiger partial charge in [0.05, 0.1) is 31.4 Å². The first-order chi connectivity index (χ1) is 16.5. The second-order valence-electron chi connectivity index (χ2n) is 8.67. The lowest BCUT2D eigenvalue weighted by Crippen LogP contribution is -2.38. The highest BCUT2D eigenvalue weighted by molar-refractivity contribution is 6.46. The molecule has 4 rings (SSSR count). The maximum Gasteiger partial charge on any atom is 0.295 e. The molecule has 0 radical (unpaired) electrons. The summed E-state index contributed by atoms with van der Waals surface area (Å²) in [5.41, 5.74) is 2.46. The number of benzene rings is 2. The number of nitrogens with zero attached hydrogens (tertiary/aromatic N) is 2. The van der Waals surface area contributed by atoms with Crippen LogP contribution in [0.15, 0.2) is 54.1 Å². The van der Waals surface area contributed by atoms with Gasteiger partial charge in [0.15, 0.2) is 0 Å². The largest absolute Gasteiger partial charge is 0.507 e. The van der Waals surface area contributed by atoms with Gasteiger partial charge in [-0.1, -0.05) is 42.0 Å². The van der Waals surface area contributed by atoms with E-state index >= 15 is 0 Å². The topological polar surface area (TPSA) is 79.3 Å². The number of hydrogen-bond acceptors (Lipinski definition) is 6. The first-order valence-electron chi connectivity index (χ1n) is 11.9. The third kappa shape index (κ3) is 5.16. The van der Waals surface area contributed by atoms with E-state index in [1.165, 1.54) is 0 Å². The summed E-state index contributed by atoms with van der Waals surface area (Å²) in [4.78, 5) is 30.2. The minimum absolute atomic E-state index is 0.129. The summed E-state index contributed by atoms with van der Waals surface area (Å²) in [6, 6.07) is 14.0. The van der Waals surface area contributed by atoms with Crippen molar-refractivity contribution in [2.45, 2.75) is 26.3 Å². The van der Waals surface area contributed by atoms with Crippen LogP contribution in [0.5, 0.6) is 5.75 Å². The van der Waals surface area contributed by atoms with Crippen molar-refractivity contribution in [3.63, 3.8) is 0 Å². The number of Topliss-reactive ketones (excluding diaryl/α,β-unsaturated/α-hetero) is 1. The van der Waals surface area contributed by atoms with Gasteiger partial charge >= 0.3 is 0 Å². The summed E-state index contributed by atoms with van der Waals surface area (Å²) in [6.45, 7) is 8.83. The molecule has 7 nitrogen and oxygen atoms in total. The summed E-state index contributed by atoms with van der Waals surface area (Å²) < 4.78 is 11.0. The average Bonchev–Trinajstić information content (AvgIpc) is 3.10. The summed E-state index contributed by atoms with van der Waals surface area (Å²) in [5.74, 6) is -0.653. The molecule has 2 heterocycles. The van der Waals surface area contributed by atoms with Crippen LogP contribution >= 0.6 is 0 Å². The van der Waals surface area contributed by atoms with Crippen LogP contribution in [-0.4, -0.2) is 72.6 Å². The Balaban J connectivity index is 1.66. The molecule has 2 aliphatic rings. The summed E-state index contributed by atoms with van der Waals surface area (Å²) >= 11 is 0. The molecule has 1 amide bonds. The van der Waals surface area contributed by atoms with Gasteiger partial charge in [-0.3, -0.25) is 14.5 Å². The quantitative estimate of drug-likeness (QED) is 0.366. The molecule has 2 aromatic carbocycles. The summed E-state index contributed by atoms with van der Waals surface area (Å²) in [6.07, 6.45) is 0.727. The molecule has 1 unspecified atom stereocenters. The van der Waals surface area contributed by atoms with Crippen LogP contribution in [0.1, 0.15) is 36.1 Å². The second kappa shape index (κ2) is 10.8. The van der Waals surface area contributed by atoms with Crippen LogP contribution in [0, 0.1) is 6.92 Å². The summed E-state index contributed by atoms with van der Waals surface area (Å²) in [5, 5.41) is 11.2. The Morgan fingerprint density at radius 1 is 1.03 bits per heavy atom. The number of aliphatic hydroxyl groups excluding tert-OH is 1. The Hall–Kier alpha value is -3.16. The lowest BCUT2D eigenvalue weighted by atomic mass is 9.95. The van der Waals surface area contributed by atoms with Gasteiger partial charge in [0, 0.05) is 31.7 Å². The highest BCUT2D eigenvalue weighted by atomic mass is 16.5. The molecule has 2 saturated heterocycles. The Morgan fingerprint density at radius 3 is 2.35 bits per heavy atom. The number of hydrogen-bond donors (Lipinski definition) is 1. The van der Waals surface area contributed by atoms with E-state index in [-0.39, 0.29) is 11.3 Å². The Labute approximate surface area is 200 Å². The molecule has 2 aromatic rings. The van der Waals surface area contributed by atoms with E-state index in [9.17, 15) is 14.7 Å². The SMILES string of the molecule is CCOc1ccc(C2/C(=C(\O)c3ccc(C)cc3)C(=O)C(=O)N2CCCN2CCOCC2)cc1. The lowest BCUT2D eigenvalue weighted by molar-refractivity contribution is -0.140. The van der Waals surface area contributed by atoms with Gasteiger partial charge in [-0.15, -0.1) is 0 Å². The predicted octanol–water partition coefficient (Wildman–Crippen LogP) is 3.54. The monoisotopic (exact) mass is 464 g/mol. The first kappa shape index (κ1) is 24.0. The smallest absolute Gasteiger partial charge is 0.295 e. The standard InChI is InChI=1S/C27H32N2O5/c1-3-34-22-11-9-20(10-12-22)24-23(25(30)21-7-5-19(2)6-8-21)26(31)27(32)29(24)14-4-13-28-15-17-33-18-16-28/h5-12,24,30H,3-4,13-18H2,1-2H3/b25-23+. The van der Waals surface area contributed by atoms with E-state index in [0.29, 0.717) is 37.7 Å². The van der Waals surface area contributed by atoms with Gasteiger partial charge in [-0.25, -0.2) is 0 Å². The van der Waals surface area contributed by atoms with Gasteiger partial charge in [0.25, 0.3) is 11.7 Å². The van der Waals surface area contributed by atoms with Gasteiger partial charge in [0.1, 0.15) is 11.5 Å². The molecule has 180 valence electrons. The second-order valence-corrected chi connectivity index (χ2v) is 8.67. The molecular formula is C27H32N2O5. The number of aliphatic hydroxyl groups is 1. The number of carbonyl (C=O) groups excluding carboxylic acids is 2. The van der Waals surface area contributed by atoms with Crippen molar-refractivity contribution < 1.29 is 24.2 Å². The number of ketones is 1. The van der Waals surface area contributed by atoms with Crippen molar-refractivity contribution in [1.29, 1.82) is 0 Å². The highest BCUT2D eigenvalue weighted by Gasteiger charge is 2.45. The zero-order chi connectivity index (χ0) is 24.1.